The van der Waals surface area contributed by atoms with Gasteiger partial charge in [0.25, 0.3) is 0 Å². The van der Waals surface area contributed by atoms with Crippen molar-refractivity contribution in [2.24, 2.45) is 5.41 Å². The summed E-state index contributed by atoms with van der Waals surface area (Å²) in [6.45, 7) is 5.89. The first-order valence-electron chi connectivity index (χ1n) is 6.86. The molecule has 0 bridgehead atoms. The van der Waals surface area contributed by atoms with Gasteiger partial charge in [0.05, 0.1) is 5.41 Å². The number of carbonyl (C=O) groups is 1. The average Bonchev–Trinajstić information content (AvgIpc) is 2.84. The summed E-state index contributed by atoms with van der Waals surface area (Å²) in [6, 6.07) is 5.92. The van der Waals surface area contributed by atoms with Gasteiger partial charge in [0.2, 0.25) is 5.91 Å². The predicted molar refractivity (Wildman–Crippen MR) is 82.3 cm³/mol. The fourth-order valence-electron chi connectivity index (χ4n) is 2.73. The quantitative estimate of drug-likeness (QED) is 0.890. The zero-order chi connectivity index (χ0) is 13.9. The first kappa shape index (κ1) is 14.5. The number of halogens is 1. The molecular formula is C15H21BrN2O. The Morgan fingerprint density at radius 1 is 1.53 bits per heavy atom. The number of hydrogen-bond acceptors (Lipinski definition) is 2. The lowest BCUT2D eigenvalue weighted by Gasteiger charge is -2.26. The van der Waals surface area contributed by atoms with Crippen LogP contribution >= 0.6 is 15.9 Å². The number of aryl methyl sites for hydroxylation is 1. The van der Waals surface area contributed by atoms with Crippen molar-refractivity contribution in [1.29, 1.82) is 0 Å². The van der Waals surface area contributed by atoms with E-state index in [2.05, 4.69) is 33.5 Å². The minimum Gasteiger partial charge on any atom is -0.326 e. The molecule has 19 heavy (non-hydrogen) atoms. The van der Waals surface area contributed by atoms with Crippen molar-refractivity contribution in [3.8, 4) is 0 Å². The van der Waals surface area contributed by atoms with Crippen LogP contribution in [0.4, 0.5) is 5.69 Å². The molecule has 1 amide bonds. The third kappa shape index (κ3) is 3.18. The summed E-state index contributed by atoms with van der Waals surface area (Å²) < 4.78 is 1.07. The molecule has 0 saturated carbocycles. The van der Waals surface area contributed by atoms with E-state index in [0.717, 1.165) is 48.1 Å². The number of amides is 1. The molecule has 2 N–H and O–H groups in total. The predicted octanol–water partition coefficient (Wildman–Crippen LogP) is 3.48. The molecular weight excluding hydrogens is 304 g/mol. The summed E-state index contributed by atoms with van der Waals surface area (Å²) >= 11 is 3.47. The zero-order valence-corrected chi connectivity index (χ0v) is 13.1. The molecule has 0 aromatic heterocycles. The molecule has 1 heterocycles. The molecule has 1 aromatic rings. The molecule has 1 fully saturated rings. The van der Waals surface area contributed by atoms with Crippen LogP contribution < -0.4 is 10.6 Å². The Kier molecular flexibility index (Phi) is 4.63. The van der Waals surface area contributed by atoms with Crippen molar-refractivity contribution in [3.05, 3.63) is 28.2 Å². The van der Waals surface area contributed by atoms with E-state index in [4.69, 9.17) is 0 Å². The molecule has 1 unspecified atom stereocenters. The van der Waals surface area contributed by atoms with E-state index < -0.39 is 0 Å². The molecule has 0 aliphatic carbocycles. The van der Waals surface area contributed by atoms with Crippen molar-refractivity contribution >= 4 is 27.5 Å². The zero-order valence-electron chi connectivity index (χ0n) is 11.6. The van der Waals surface area contributed by atoms with Gasteiger partial charge in [-0.2, -0.15) is 0 Å². The third-order valence-electron chi connectivity index (χ3n) is 3.87. The van der Waals surface area contributed by atoms with E-state index in [1.54, 1.807) is 0 Å². The SMILES string of the molecule is CCCC1(C(=O)Nc2ccc(Br)c(C)c2)CCNC1. The highest BCUT2D eigenvalue weighted by Crippen LogP contribution is 2.33. The van der Waals surface area contributed by atoms with Crippen molar-refractivity contribution in [1.82, 2.24) is 5.32 Å². The Morgan fingerprint density at radius 3 is 2.89 bits per heavy atom. The second-order valence-electron chi connectivity index (χ2n) is 5.38. The van der Waals surface area contributed by atoms with E-state index in [1.807, 2.05) is 25.1 Å². The lowest BCUT2D eigenvalue weighted by molar-refractivity contribution is -0.125. The lowest BCUT2D eigenvalue weighted by Crippen LogP contribution is -2.38. The van der Waals surface area contributed by atoms with E-state index in [0.29, 0.717) is 0 Å². The lowest BCUT2D eigenvalue weighted by atomic mass is 9.81. The van der Waals surface area contributed by atoms with E-state index in [9.17, 15) is 4.79 Å². The summed E-state index contributed by atoms with van der Waals surface area (Å²) in [5.74, 6) is 0.154. The molecule has 0 radical (unpaired) electrons. The number of carbonyl (C=O) groups excluding carboxylic acids is 1. The summed E-state index contributed by atoms with van der Waals surface area (Å²) in [5.41, 5.74) is 1.79. The van der Waals surface area contributed by atoms with Crippen LogP contribution in [-0.2, 0) is 4.79 Å². The van der Waals surface area contributed by atoms with Crippen LogP contribution in [0, 0.1) is 12.3 Å². The van der Waals surface area contributed by atoms with Crippen LogP contribution in [0.3, 0.4) is 0 Å². The molecule has 1 aromatic carbocycles. The van der Waals surface area contributed by atoms with Gasteiger partial charge in [0.1, 0.15) is 0 Å². The van der Waals surface area contributed by atoms with Crippen LogP contribution in [0.25, 0.3) is 0 Å². The highest BCUT2D eigenvalue weighted by Gasteiger charge is 2.40. The molecule has 1 aliphatic rings. The third-order valence-corrected chi connectivity index (χ3v) is 4.76. The highest BCUT2D eigenvalue weighted by molar-refractivity contribution is 9.10. The Hall–Kier alpha value is -0.870. The minimum absolute atomic E-state index is 0.154. The van der Waals surface area contributed by atoms with E-state index in [-0.39, 0.29) is 11.3 Å². The van der Waals surface area contributed by atoms with Gasteiger partial charge < -0.3 is 10.6 Å². The summed E-state index contributed by atoms with van der Waals surface area (Å²) in [6.07, 6.45) is 2.91. The fraction of sp³-hybridized carbons (Fsp3) is 0.533. The molecule has 0 spiro atoms. The summed E-state index contributed by atoms with van der Waals surface area (Å²) in [4.78, 5) is 12.6. The Balaban J connectivity index is 2.12. The van der Waals surface area contributed by atoms with Crippen LogP contribution in [0.1, 0.15) is 31.7 Å². The number of hydrogen-bond donors (Lipinski definition) is 2. The second kappa shape index (κ2) is 6.06. The Labute approximate surface area is 123 Å². The van der Waals surface area contributed by atoms with Crippen molar-refractivity contribution in [2.75, 3.05) is 18.4 Å². The van der Waals surface area contributed by atoms with Crippen LogP contribution in [0.15, 0.2) is 22.7 Å². The van der Waals surface area contributed by atoms with Crippen LogP contribution in [0.2, 0.25) is 0 Å². The van der Waals surface area contributed by atoms with Crippen LogP contribution in [0.5, 0.6) is 0 Å². The van der Waals surface area contributed by atoms with Gasteiger partial charge in [-0.25, -0.2) is 0 Å². The van der Waals surface area contributed by atoms with Gasteiger partial charge in [-0.3, -0.25) is 4.79 Å². The minimum atomic E-state index is -0.226. The molecule has 2 rings (SSSR count). The Bertz CT molecular complexity index is 467. The van der Waals surface area contributed by atoms with Gasteiger partial charge in [-0.15, -0.1) is 0 Å². The smallest absolute Gasteiger partial charge is 0.231 e. The maximum absolute atomic E-state index is 12.6. The molecule has 104 valence electrons. The fourth-order valence-corrected chi connectivity index (χ4v) is 2.98. The molecule has 1 saturated heterocycles. The molecule has 1 aliphatic heterocycles. The standard InChI is InChI=1S/C15H21BrN2O/c1-3-6-15(7-8-17-10-15)14(19)18-12-4-5-13(16)11(2)9-12/h4-5,9,17H,3,6-8,10H2,1-2H3,(H,18,19). The van der Waals surface area contributed by atoms with Crippen molar-refractivity contribution in [3.63, 3.8) is 0 Å². The van der Waals surface area contributed by atoms with E-state index in [1.165, 1.54) is 0 Å². The molecule has 4 heteroatoms. The molecule has 3 nitrogen and oxygen atoms in total. The summed E-state index contributed by atoms with van der Waals surface area (Å²) in [7, 11) is 0. The first-order chi connectivity index (χ1) is 9.07. The average molecular weight is 325 g/mol. The summed E-state index contributed by atoms with van der Waals surface area (Å²) in [5, 5.41) is 6.39. The maximum Gasteiger partial charge on any atom is 0.231 e. The van der Waals surface area contributed by atoms with E-state index >= 15 is 0 Å². The molecule has 1 atom stereocenters. The maximum atomic E-state index is 12.6. The monoisotopic (exact) mass is 324 g/mol. The number of benzene rings is 1. The van der Waals surface area contributed by atoms with Crippen molar-refractivity contribution < 1.29 is 4.79 Å². The van der Waals surface area contributed by atoms with Gasteiger partial charge in [0.15, 0.2) is 0 Å². The number of anilines is 1. The second-order valence-corrected chi connectivity index (χ2v) is 6.23. The normalized spacial score (nSPS) is 22.5. The number of rotatable bonds is 4. The van der Waals surface area contributed by atoms with Gasteiger partial charge in [-0.05, 0) is 50.1 Å². The van der Waals surface area contributed by atoms with Gasteiger partial charge in [-0.1, -0.05) is 29.3 Å². The van der Waals surface area contributed by atoms with Crippen molar-refractivity contribution in [2.45, 2.75) is 33.1 Å². The first-order valence-corrected chi connectivity index (χ1v) is 7.65. The Morgan fingerprint density at radius 2 is 2.32 bits per heavy atom. The number of nitrogens with one attached hydrogen (secondary N) is 2. The van der Waals surface area contributed by atoms with Crippen LogP contribution in [-0.4, -0.2) is 19.0 Å². The van der Waals surface area contributed by atoms with Gasteiger partial charge >= 0.3 is 0 Å². The topological polar surface area (TPSA) is 41.1 Å². The highest BCUT2D eigenvalue weighted by atomic mass is 79.9. The van der Waals surface area contributed by atoms with Gasteiger partial charge in [0, 0.05) is 16.7 Å². The largest absolute Gasteiger partial charge is 0.326 e.